The van der Waals surface area contributed by atoms with Gasteiger partial charge in [0.15, 0.2) is 0 Å². The van der Waals surface area contributed by atoms with E-state index < -0.39 is 0 Å². The first-order valence-corrected chi connectivity index (χ1v) is 6.79. The number of anilines is 1. The maximum atomic E-state index is 4.39. The molecular weight excluding hydrogens is 204 g/mol. The van der Waals surface area contributed by atoms with Gasteiger partial charge in [-0.25, -0.2) is 4.98 Å². The Balaban J connectivity index is 2.55. The van der Waals surface area contributed by atoms with Gasteiger partial charge in [-0.05, 0) is 31.2 Å². The molecule has 2 nitrogen and oxygen atoms in total. The predicted molar refractivity (Wildman–Crippen MR) is 68.6 cm³/mol. The maximum Gasteiger partial charge on any atom is 0.126 e. The number of hydrogen-bond acceptors (Lipinski definition) is 3. The van der Waals surface area contributed by atoms with Gasteiger partial charge in [-0.2, -0.15) is 0 Å². The molecule has 0 bridgehead atoms. The summed E-state index contributed by atoms with van der Waals surface area (Å²) in [6, 6.07) is 4.73. The van der Waals surface area contributed by atoms with Crippen LogP contribution in [0.3, 0.4) is 0 Å². The van der Waals surface area contributed by atoms with Crippen LogP contribution >= 0.6 is 11.8 Å². The standard InChI is InChI=1S/C12H20N2S/c1-4-6-10(5-2)14-12-8-7-11(15-3)9-13-12/h7-10H,4-6H2,1-3H3,(H,13,14). The van der Waals surface area contributed by atoms with E-state index in [-0.39, 0.29) is 0 Å². The molecule has 1 aromatic rings. The lowest BCUT2D eigenvalue weighted by molar-refractivity contribution is 0.620. The van der Waals surface area contributed by atoms with E-state index in [1.165, 1.54) is 17.7 Å². The zero-order valence-corrected chi connectivity index (χ0v) is 10.6. The number of pyridine rings is 1. The molecular formula is C12H20N2S. The first-order valence-electron chi connectivity index (χ1n) is 5.56. The lowest BCUT2D eigenvalue weighted by Crippen LogP contribution is -2.18. The van der Waals surface area contributed by atoms with Crippen LogP contribution in [0.2, 0.25) is 0 Å². The minimum atomic E-state index is 0.558. The highest BCUT2D eigenvalue weighted by Crippen LogP contribution is 2.16. The summed E-state index contributed by atoms with van der Waals surface area (Å²) in [7, 11) is 0. The van der Waals surface area contributed by atoms with Crippen LogP contribution in [0.5, 0.6) is 0 Å². The molecule has 0 aliphatic rings. The molecule has 0 amide bonds. The third kappa shape index (κ3) is 4.12. The zero-order valence-electron chi connectivity index (χ0n) is 9.79. The van der Waals surface area contributed by atoms with Crippen molar-refractivity contribution >= 4 is 17.6 Å². The fourth-order valence-corrected chi connectivity index (χ4v) is 1.88. The van der Waals surface area contributed by atoms with Gasteiger partial charge in [0.2, 0.25) is 0 Å². The summed E-state index contributed by atoms with van der Waals surface area (Å²) in [6.45, 7) is 4.43. The van der Waals surface area contributed by atoms with E-state index in [1.807, 2.05) is 6.20 Å². The molecule has 0 fully saturated rings. The SMILES string of the molecule is CCCC(CC)Nc1ccc(SC)cn1. The molecule has 1 atom stereocenters. The minimum Gasteiger partial charge on any atom is -0.367 e. The predicted octanol–water partition coefficient (Wildman–Crippen LogP) is 3.79. The summed E-state index contributed by atoms with van der Waals surface area (Å²) >= 11 is 1.72. The normalized spacial score (nSPS) is 12.5. The molecule has 1 N–H and O–H groups in total. The van der Waals surface area contributed by atoms with Gasteiger partial charge in [-0.15, -0.1) is 11.8 Å². The van der Waals surface area contributed by atoms with Crippen LogP contribution in [0.15, 0.2) is 23.2 Å². The molecule has 0 aliphatic carbocycles. The highest BCUT2D eigenvalue weighted by atomic mass is 32.2. The Bertz CT molecular complexity index is 271. The topological polar surface area (TPSA) is 24.9 Å². The highest BCUT2D eigenvalue weighted by molar-refractivity contribution is 7.98. The number of aromatic nitrogens is 1. The molecule has 3 heteroatoms. The average Bonchev–Trinajstić information content (AvgIpc) is 2.29. The third-order valence-electron chi connectivity index (χ3n) is 2.45. The fraction of sp³-hybridized carbons (Fsp3) is 0.583. The van der Waals surface area contributed by atoms with Gasteiger partial charge in [0.1, 0.15) is 5.82 Å². The van der Waals surface area contributed by atoms with E-state index in [0.29, 0.717) is 6.04 Å². The number of hydrogen-bond donors (Lipinski definition) is 1. The van der Waals surface area contributed by atoms with E-state index >= 15 is 0 Å². The van der Waals surface area contributed by atoms with Crippen LogP contribution < -0.4 is 5.32 Å². The number of thioether (sulfide) groups is 1. The van der Waals surface area contributed by atoms with Crippen LogP contribution in [-0.4, -0.2) is 17.3 Å². The van der Waals surface area contributed by atoms with Crippen LogP contribution in [0.25, 0.3) is 0 Å². The van der Waals surface area contributed by atoms with E-state index in [4.69, 9.17) is 0 Å². The monoisotopic (exact) mass is 224 g/mol. The van der Waals surface area contributed by atoms with Gasteiger partial charge in [0, 0.05) is 17.1 Å². The summed E-state index contributed by atoms with van der Waals surface area (Å²) in [5.74, 6) is 0.994. The fourth-order valence-electron chi connectivity index (χ4n) is 1.52. The van der Waals surface area contributed by atoms with Gasteiger partial charge < -0.3 is 5.32 Å². The number of nitrogens with one attached hydrogen (secondary N) is 1. The van der Waals surface area contributed by atoms with Crippen molar-refractivity contribution in [2.45, 2.75) is 44.0 Å². The molecule has 0 saturated carbocycles. The molecule has 0 spiro atoms. The van der Waals surface area contributed by atoms with E-state index in [0.717, 1.165) is 12.2 Å². The lowest BCUT2D eigenvalue weighted by Gasteiger charge is -2.16. The minimum absolute atomic E-state index is 0.558. The Morgan fingerprint density at radius 3 is 2.67 bits per heavy atom. The summed E-state index contributed by atoms with van der Waals surface area (Å²) in [4.78, 5) is 5.60. The van der Waals surface area contributed by atoms with Crippen molar-refractivity contribution < 1.29 is 0 Å². The van der Waals surface area contributed by atoms with Gasteiger partial charge in [0.05, 0.1) is 0 Å². The van der Waals surface area contributed by atoms with Crippen LogP contribution in [0, 0.1) is 0 Å². The van der Waals surface area contributed by atoms with Gasteiger partial charge in [-0.3, -0.25) is 0 Å². The van der Waals surface area contributed by atoms with Crippen molar-refractivity contribution in [1.82, 2.24) is 4.98 Å². The molecule has 0 aliphatic heterocycles. The zero-order chi connectivity index (χ0) is 11.1. The van der Waals surface area contributed by atoms with Gasteiger partial charge in [-0.1, -0.05) is 20.3 Å². The maximum absolute atomic E-state index is 4.39. The van der Waals surface area contributed by atoms with Crippen molar-refractivity contribution in [2.24, 2.45) is 0 Å². The first kappa shape index (κ1) is 12.4. The second-order valence-electron chi connectivity index (χ2n) is 3.62. The molecule has 15 heavy (non-hydrogen) atoms. The molecule has 0 saturated heterocycles. The Morgan fingerprint density at radius 2 is 2.20 bits per heavy atom. The van der Waals surface area contributed by atoms with Crippen molar-refractivity contribution in [3.63, 3.8) is 0 Å². The second kappa shape index (κ2) is 6.72. The van der Waals surface area contributed by atoms with Crippen molar-refractivity contribution in [3.05, 3.63) is 18.3 Å². The van der Waals surface area contributed by atoms with Crippen molar-refractivity contribution in [1.29, 1.82) is 0 Å². The summed E-state index contributed by atoms with van der Waals surface area (Å²) < 4.78 is 0. The molecule has 84 valence electrons. The Kier molecular flexibility index (Phi) is 5.54. The first-order chi connectivity index (χ1) is 7.30. The second-order valence-corrected chi connectivity index (χ2v) is 4.50. The molecule has 0 radical (unpaired) electrons. The van der Waals surface area contributed by atoms with E-state index in [9.17, 15) is 0 Å². The lowest BCUT2D eigenvalue weighted by atomic mass is 10.1. The molecule has 1 rings (SSSR count). The molecule has 0 aromatic carbocycles. The number of nitrogens with zero attached hydrogens (tertiary/aromatic N) is 1. The summed E-state index contributed by atoms with van der Waals surface area (Å²) in [6.07, 6.45) is 7.57. The third-order valence-corrected chi connectivity index (χ3v) is 3.17. The van der Waals surface area contributed by atoms with Crippen LogP contribution in [-0.2, 0) is 0 Å². The Morgan fingerprint density at radius 1 is 1.40 bits per heavy atom. The van der Waals surface area contributed by atoms with Gasteiger partial charge in [0.25, 0.3) is 0 Å². The number of rotatable bonds is 6. The highest BCUT2D eigenvalue weighted by Gasteiger charge is 2.04. The molecule has 1 unspecified atom stereocenters. The van der Waals surface area contributed by atoms with Crippen molar-refractivity contribution in [3.8, 4) is 0 Å². The average molecular weight is 224 g/mol. The van der Waals surface area contributed by atoms with Gasteiger partial charge >= 0.3 is 0 Å². The Hall–Kier alpha value is -0.700. The van der Waals surface area contributed by atoms with E-state index in [1.54, 1.807) is 11.8 Å². The summed E-state index contributed by atoms with van der Waals surface area (Å²) in [5.41, 5.74) is 0. The van der Waals surface area contributed by atoms with Crippen LogP contribution in [0.4, 0.5) is 5.82 Å². The smallest absolute Gasteiger partial charge is 0.126 e. The quantitative estimate of drug-likeness (QED) is 0.744. The van der Waals surface area contributed by atoms with Crippen LogP contribution in [0.1, 0.15) is 33.1 Å². The van der Waals surface area contributed by atoms with E-state index in [2.05, 4.69) is 42.5 Å². The largest absolute Gasteiger partial charge is 0.367 e. The molecule has 1 heterocycles. The molecule has 1 aromatic heterocycles. The van der Waals surface area contributed by atoms with Crippen molar-refractivity contribution in [2.75, 3.05) is 11.6 Å². The summed E-state index contributed by atoms with van der Waals surface area (Å²) in [5, 5.41) is 3.46. The Labute approximate surface area is 96.9 Å².